The van der Waals surface area contributed by atoms with E-state index in [4.69, 9.17) is 20.5 Å². The van der Waals surface area contributed by atoms with E-state index in [-0.39, 0.29) is 0 Å². The number of nitrogens with zero attached hydrogens (tertiary/aromatic N) is 2. The molecule has 0 bridgehead atoms. The molecule has 21 heavy (non-hydrogen) atoms. The fraction of sp³-hybridized carbons (Fsp3) is 0.562. The number of hydrogen-bond acceptors (Lipinski definition) is 5. The van der Waals surface area contributed by atoms with Crippen molar-refractivity contribution in [3.05, 3.63) is 29.8 Å². The topological polar surface area (TPSA) is 71.5 Å². The number of methoxy groups -OCH3 is 1. The minimum atomic E-state index is 0.328. The van der Waals surface area contributed by atoms with Crippen LogP contribution in [0.4, 0.5) is 0 Å². The van der Waals surface area contributed by atoms with Gasteiger partial charge in [0, 0.05) is 32.8 Å². The zero-order valence-electron chi connectivity index (χ0n) is 12.5. The summed E-state index contributed by atoms with van der Waals surface area (Å²) in [6.45, 7) is 3.13. The van der Waals surface area contributed by atoms with Crippen LogP contribution in [0.5, 0.6) is 5.75 Å². The first kappa shape index (κ1) is 15.8. The number of nitriles is 1. The molecular formula is C16H23N3O2. The van der Waals surface area contributed by atoms with Gasteiger partial charge >= 0.3 is 0 Å². The number of likely N-dealkylation sites (tertiary alicyclic amines) is 1. The standard InChI is InChI=1S/C16H23N3O2/c1-20-16-6-7-19(14(10-16)12-18)8-9-21-15-4-2-13(11-17)3-5-15/h2-5,14,16H,6-10,12,18H2,1H3. The van der Waals surface area contributed by atoms with Crippen molar-refractivity contribution < 1.29 is 9.47 Å². The van der Waals surface area contributed by atoms with Gasteiger partial charge in [0.05, 0.1) is 17.7 Å². The summed E-state index contributed by atoms with van der Waals surface area (Å²) in [4.78, 5) is 2.37. The highest BCUT2D eigenvalue weighted by molar-refractivity contribution is 5.34. The largest absolute Gasteiger partial charge is 0.492 e. The summed E-state index contributed by atoms with van der Waals surface area (Å²) in [5, 5.41) is 8.75. The van der Waals surface area contributed by atoms with Crippen LogP contribution < -0.4 is 10.5 Å². The van der Waals surface area contributed by atoms with Gasteiger partial charge in [-0.25, -0.2) is 0 Å². The van der Waals surface area contributed by atoms with Crippen LogP contribution in [-0.4, -0.2) is 50.4 Å². The molecule has 1 aliphatic rings. The van der Waals surface area contributed by atoms with Gasteiger partial charge in [0.25, 0.3) is 0 Å². The van der Waals surface area contributed by atoms with Crippen molar-refractivity contribution in [3.8, 4) is 11.8 Å². The molecule has 0 spiro atoms. The van der Waals surface area contributed by atoms with Gasteiger partial charge in [0.1, 0.15) is 12.4 Å². The monoisotopic (exact) mass is 289 g/mol. The predicted octanol–water partition coefficient (Wildman–Crippen LogP) is 1.38. The van der Waals surface area contributed by atoms with Gasteiger partial charge in [-0.1, -0.05) is 0 Å². The van der Waals surface area contributed by atoms with Crippen LogP contribution in [0, 0.1) is 11.3 Å². The lowest BCUT2D eigenvalue weighted by Crippen LogP contribution is -2.49. The van der Waals surface area contributed by atoms with Crippen LogP contribution in [0.1, 0.15) is 18.4 Å². The van der Waals surface area contributed by atoms with Gasteiger partial charge in [-0.15, -0.1) is 0 Å². The van der Waals surface area contributed by atoms with Crippen molar-refractivity contribution in [2.75, 3.05) is 33.4 Å². The first-order chi connectivity index (χ1) is 10.3. The highest BCUT2D eigenvalue weighted by atomic mass is 16.5. The van der Waals surface area contributed by atoms with Crippen LogP contribution >= 0.6 is 0 Å². The van der Waals surface area contributed by atoms with Gasteiger partial charge in [-0.05, 0) is 37.1 Å². The fourth-order valence-electron chi connectivity index (χ4n) is 2.72. The van der Waals surface area contributed by atoms with Gasteiger partial charge in [0.2, 0.25) is 0 Å². The van der Waals surface area contributed by atoms with E-state index in [1.807, 2.05) is 12.1 Å². The van der Waals surface area contributed by atoms with Crippen LogP contribution in [0.3, 0.4) is 0 Å². The smallest absolute Gasteiger partial charge is 0.119 e. The Hall–Kier alpha value is -1.61. The highest BCUT2D eigenvalue weighted by Gasteiger charge is 2.27. The molecule has 2 rings (SSSR count). The highest BCUT2D eigenvalue weighted by Crippen LogP contribution is 2.19. The Balaban J connectivity index is 1.78. The van der Waals surface area contributed by atoms with Crippen molar-refractivity contribution in [1.82, 2.24) is 4.90 Å². The van der Waals surface area contributed by atoms with Crippen LogP contribution in [0.25, 0.3) is 0 Å². The molecule has 0 aromatic heterocycles. The van der Waals surface area contributed by atoms with Gasteiger partial charge < -0.3 is 15.2 Å². The van der Waals surface area contributed by atoms with Crippen LogP contribution in [-0.2, 0) is 4.74 Å². The summed E-state index contributed by atoms with van der Waals surface area (Å²) in [6, 6.07) is 9.66. The van der Waals surface area contributed by atoms with Crippen LogP contribution in [0.15, 0.2) is 24.3 Å². The SMILES string of the molecule is COC1CCN(CCOc2ccc(C#N)cc2)C(CN)C1. The van der Waals surface area contributed by atoms with E-state index in [0.717, 1.165) is 31.7 Å². The molecule has 2 atom stereocenters. The second kappa shape index (κ2) is 7.99. The number of benzene rings is 1. The Kier molecular flexibility index (Phi) is 6.00. The fourth-order valence-corrected chi connectivity index (χ4v) is 2.72. The summed E-state index contributed by atoms with van der Waals surface area (Å²) in [7, 11) is 1.77. The third-order valence-electron chi connectivity index (χ3n) is 4.03. The minimum absolute atomic E-state index is 0.328. The Labute approximate surface area is 126 Å². The average Bonchev–Trinajstić information content (AvgIpc) is 2.55. The molecule has 0 saturated carbocycles. The average molecular weight is 289 g/mol. The van der Waals surface area contributed by atoms with E-state index < -0.39 is 0 Å². The molecule has 1 aromatic carbocycles. The maximum atomic E-state index is 8.75. The summed E-state index contributed by atoms with van der Waals surface area (Å²) in [6.07, 6.45) is 2.36. The zero-order valence-corrected chi connectivity index (χ0v) is 12.5. The molecular weight excluding hydrogens is 266 g/mol. The van der Waals surface area contributed by atoms with Crippen molar-refractivity contribution >= 4 is 0 Å². The van der Waals surface area contributed by atoms with Crippen LogP contribution in [0.2, 0.25) is 0 Å². The molecule has 0 radical (unpaired) electrons. The Morgan fingerprint density at radius 3 is 2.76 bits per heavy atom. The Morgan fingerprint density at radius 1 is 1.38 bits per heavy atom. The maximum absolute atomic E-state index is 8.75. The van der Waals surface area contributed by atoms with E-state index in [2.05, 4.69) is 11.0 Å². The molecule has 1 fully saturated rings. The second-order valence-corrected chi connectivity index (χ2v) is 5.29. The number of piperidine rings is 1. The molecule has 1 aromatic rings. The van der Waals surface area contributed by atoms with E-state index in [1.165, 1.54) is 0 Å². The van der Waals surface area contributed by atoms with Gasteiger partial charge in [-0.3, -0.25) is 4.90 Å². The number of rotatable bonds is 6. The Morgan fingerprint density at radius 2 is 2.14 bits per heavy atom. The molecule has 114 valence electrons. The van der Waals surface area contributed by atoms with E-state index in [9.17, 15) is 0 Å². The van der Waals surface area contributed by atoms with E-state index in [0.29, 0.717) is 30.9 Å². The lowest BCUT2D eigenvalue weighted by atomic mass is 9.99. The molecule has 1 heterocycles. The molecule has 0 amide bonds. The molecule has 5 nitrogen and oxygen atoms in total. The molecule has 2 unspecified atom stereocenters. The third kappa shape index (κ3) is 4.43. The number of hydrogen-bond donors (Lipinski definition) is 1. The lowest BCUT2D eigenvalue weighted by molar-refractivity contribution is 0.00923. The van der Waals surface area contributed by atoms with Crippen molar-refractivity contribution in [1.29, 1.82) is 5.26 Å². The Bertz CT molecular complexity index is 469. The summed E-state index contributed by atoms with van der Waals surface area (Å²) < 4.78 is 11.2. The minimum Gasteiger partial charge on any atom is -0.492 e. The molecule has 5 heteroatoms. The van der Waals surface area contributed by atoms with Gasteiger partial charge in [-0.2, -0.15) is 5.26 Å². The zero-order chi connectivity index (χ0) is 15.1. The van der Waals surface area contributed by atoms with Gasteiger partial charge in [0.15, 0.2) is 0 Å². The van der Waals surface area contributed by atoms with E-state index in [1.54, 1.807) is 19.2 Å². The number of ether oxygens (including phenoxy) is 2. The van der Waals surface area contributed by atoms with E-state index >= 15 is 0 Å². The first-order valence-corrected chi connectivity index (χ1v) is 7.36. The summed E-state index contributed by atoms with van der Waals surface area (Å²) >= 11 is 0. The lowest BCUT2D eigenvalue weighted by Gasteiger charge is -2.38. The second-order valence-electron chi connectivity index (χ2n) is 5.29. The van der Waals surface area contributed by atoms with Crippen molar-refractivity contribution in [2.24, 2.45) is 5.73 Å². The molecule has 1 aliphatic heterocycles. The molecule has 1 saturated heterocycles. The number of nitrogens with two attached hydrogens (primary N) is 1. The quantitative estimate of drug-likeness (QED) is 0.856. The normalized spacial score (nSPS) is 22.7. The molecule has 0 aliphatic carbocycles. The summed E-state index contributed by atoms with van der Waals surface area (Å²) in [5.41, 5.74) is 6.50. The summed E-state index contributed by atoms with van der Waals surface area (Å²) in [5.74, 6) is 0.796. The predicted molar refractivity (Wildman–Crippen MR) is 81.1 cm³/mol. The first-order valence-electron chi connectivity index (χ1n) is 7.36. The molecule has 2 N–H and O–H groups in total. The van der Waals surface area contributed by atoms with Crippen molar-refractivity contribution in [3.63, 3.8) is 0 Å². The maximum Gasteiger partial charge on any atom is 0.119 e. The van der Waals surface area contributed by atoms with Crippen molar-refractivity contribution in [2.45, 2.75) is 25.0 Å². The third-order valence-corrected chi connectivity index (χ3v) is 4.03.